The summed E-state index contributed by atoms with van der Waals surface area (Å²) in [6.45, 7) is 20.8. The van der Waals surface area contributed by atoms with Crippen LogP contribution in [-0.4, -0.2) is 11.9 Å². The molecule has 0 unspecified atom stereocenters. The minimum absolute atomic E-state index is 0.346. The second kappa shape index (κ2) is 13.9. The van der Waals surface area contributed by atoms with Crippen LogP contribution in [-0.2, 0) is 9.59 Å². The SMILES string of the molecule is C=C(C)C(=O)Oc1ccc(-c2ccc(OC(=O)C(=C)C)cc2)cc1.CC.CC(C)C. The first-order valence-electron chi connectivity index (χ1n) is 10.1. The third-order valence-electron chi connectivity index (χ3n) is 3.16. The smallest absolute Gasteiger partial charge is 0.338 e. The van der Waals surface area contributed by atoms with E-state index in [0.717, 1.165) is 17.0 Å². The number of rotatable bonds is 5. The summed E-state index contributed by atoms with van der Waals surface area (Å²) >= 11 is 0. The van der Waals surface area contributed by atoms with Crippen molar-refractivity contribution < 1.29 is 19.1 Å². The summed E-state index contributed by atoms with van der Waals surface area (Å²) in [6.07, 6.45) is 0. The molecule has 2 aromatic rings. The van der Waals surface area contributed by atoms with Crippen LogP contribution in [0.25, 0.3) is 11.1 Å². The van der Waals surface area contributed by atoms with Crippen LogP contribution >= 0.6 is 0 Å². The average Bonchev–Trinajstić information content (AvgIpc) is 2.70. The van der Waals surface area contributed by atoms with E-state index >= 15 is 0 Å². The lowest BCUT2D eigenvalue weighted by Gasteiger charge is -2.07. The standard InChI is InChI=1S/C20H18O4.C4H10.C2H6/c1-13(2)19(21)23-17-9-5-15(6-10-17)16-7-11-18(12-8-16)24-20(22)14(3)4;1-4(2)3;1-2/h5-12H,1,3H2,2,4H3;4H,1-3H3;1-2H3. The summed E-state index contributed by atoms with van der Waals surface area (Å²) in [6, 6.07) is 14.2. The third-order valence-corrected chi connectivity index (χ3v) is 3.16. The molecule has 0 spiro atoms. The van der Waals surface area contributed by atoms with Crippen LogP contribution < -0.4 is 9.47 Å². The monoisotopic (exact) mass is 410 g/mol. The summed E-state index contributed by atoms with van der Waals surface area (Å²) in [5.41, 5.74) is 2.59. The Morgan fingerprint density at radius 2 is 0.900 bits per heavy atom. The minimum atomic E-state index is -0.452. The van der Waals surface area contributed by atoms with Crippen molar-refractivity contribution in [2.75, 3.05) is 0 Å². The first-order valence-corrected chi connectivity index (χ1v) is 10.1. The van der Waals surface area contributed by atoms with Crippen molar-refractivity contribution in [1.82, 2.24) is 0 Å². The normalized spacial score (nSPS) is 9.33. The Kier molecular flexibility index (Phi) is 12.5. The largest absolute Gasteiger partial charge is 0.423 e. The second-order valence-corrected chi connectivity index (χ2v) is 7.12. The Hall–Kier alpha value is -3.14. The molecule has 0 saturated carbocycles. The second-order valence-electron chi connectivity index (χ2n) is 7.12. The minimum Gasteiger partial charge on any atom is -0.423 e. The van der Waals surface area contributed by atoms with E-state index in [0.29, 0.717) is 22.6 Å². The fourth-order valence-electron chi connectivity index (χ4n) is 1.82. The fourth-order valence-corrected chi connectivity index (χ4v) is 1.82. The summed E-state index contributed by atoms with van der Waals surface area (Å²) in [5, 5.41) is 0. The molecule has 2 aromatic carbocycles. The van der Waals surface area contributed by atoms with Crippen LogP contribution in [0.5, 0.6) is 11.5 Å². The highest BCUT2D eigenvalue weighted by Crippen LogP contribution is 2.25. The van der Waals surface area contributed by atoms with Crippen LogP contribution in [0.2, 0.25) is 0 Å². The lowest BCUT2D eigenvalue weighted by molar-refractivity contribution is -0.130. The average molecular weight is 411 g/mol. The number of ether oxygens (including phenoxy) is 2. The molecule has 0 bridgehead atoms. The van der Waals surface area contributed by atoms with Crippen molar-refractivity contribution in [2.45, 2.75) is 48.5 Å². The Balaban J connectivity index is 0.00000125. The molecule has 0 atom stereocenters. The van der Waals surface area contributed by atoms with Gasteiger partial charge in [-0.2, -0.15) is 0 Å². The first kappa shape index (κ1) is 26.9. The van der Waals surface area contributed by atoms with Gasteiger partial charge in [0.2, 0.25) is 0 Å². The maximum atomic E-state index is 11.5. The van der Waals surface area contributed by atoms with Crippen LogP contribution in [0.4, 0.5) is 0 Å². The van der Waals surface area contributed by atoms with E-state index in [1.165, 1.54) is 0 Å². The van der Waals surface area contributed by atoms with Crippen LogP contribution in [0.3, 0.4) is 0 Å². The van der Waals surface area contributed by atoms with Gasteiger partial charge in [-0.15, -0.1) is 0 Å². The molecule has 4 nitrogen and oxygen atoms in total. The molecule has 0 N–H and O–H groups in total. The van der Waals surface area contributed by atoms with Crippen molar-refractivity contribution >= 4 is 11.9 Å². The number of carbonyl (C=O) groups is 2. The molecule has 0 saturated heterocycles. The highest BCUT2D eigenvalue weighted by atomic mass is 16.5. The van der Waals surface area contributed by atoms with Gasteiger partial charge in [-0.05, 0) is 55.2 Å². The van der Waals surface area contributed by atoms with Gasteiger partial charge in [0.1, 0.15) is 11.5 Å². The topological polar surface area (TPSA) is 52.6 Å². The van der Waals surface area contributed by atoms with Gasteiger partial charge in [-0.1, -0.05) is 72.0 Å². The summed E-state index contributed by atoms with van der Waals surface area (Å²) in [5.74, 6) is 0.843. The van der Waals surface area contributed by atoms with Crippen LogP contribution in [0.1, 0.15) is 48.5 Å². The molecule has 4 heteroatoms. The molecule has 30 heavy (non-hydrogen) atoms. The van der Waals surface area contributed by atoms with E-state index in [1.807, 2.05) is 38.1 Å². The summed E-state index contributed by atoms with van der Waals surface area (Å²) < 4.78 is 10.3. The van der Waals surface area contributed by atoms with Gasteiger partial charge in [0, 0.05) is 11.1 Å². The summed E-state index contributed by atoms with van der Waals surface area (Å²) in [7, 11) is 0. The lowest BCUT2D eigenvalue weighted by atomic mass is 10.1. The molecule has 0 aliphatic heterocycles. The van der Waals surface area contributed by atoms with Gasteiger partial charge in [0.15, 0.2) is 0 Å². The number of hydrogen-bond donors (Lipinski definition) is 0. The molecule has 162 valence electrons. The number of carbonyl (C=O) groups excluding carboxylic acids is 2. The fraction of sp³-hybridized carbons (Fsp3) is 0.308. The van der Waals surface area contributed by atoms with Crippen molar-refractivity contribution in [1.29, 1.82) is 0 Å². The molecule has 0 aromatic heterocycles. The van der Waals surface area contributed by atoms with Gasteiger partial charge in [-0.25, -0.2) is 9.59 Å². The lowest BCUT2D eigenvalue weighted by Crippen LogP contribution is -2.08. The molecule has 0 fully saturated rings. The van der Waals surface area contributed by atoms with Gasteiger partial charge < -0.3 is 9.47 Å². The molecule has 0 amide bonds. The van der Waals surface area contributed by atoms with E-state index in [4.69, 9.17) is 9.47 Å². The Morgan fingerprint density at radius 3 is 1.10 bits per heavy atom. The maximum absolute atomic E-state index is 11.5. The van der Waals surface area contributed by atoms with Crippen LogP contribution in [0, 0.1) is 5.92 Å². The van der Waals surface area contributed by atoms with Gasteiger partial charge in [0.25, 0.3) is 0 Å². The molecular weight excluding hydrogens is 376 g/mol. The molecule has 0 aliphatic carbocycles. The van der Waals surface area contributed by atoms with E-state index < -0.39 is 11.9 Å². The van der Waals surface area contributed by atoms with E-state index in [2.05, 4.69) is 33.9 Å². The zero-order valence-electron chi connectivity index (χ0n) is 19.2. The van der Waals surface area contributed by atoms with Gasteiger partial charge in [0.05, 0.1) is 0 Å². The zero-order valence-corrected chi connectivity index (χ0v) is 19.2. The number of benzene rings is 2. The Bertz CT molecular complexity index is 756. The Morgan fingerprint density at radius 1 is 0.667 bits per heavy atom. The third kappa shape index (κ3) is 10.4. The number of esters is 2. The van der Waals surface area contributed by atoms with E-state index in [-0.39, 0.29) is 0 Å². The predicted octanol–water partition coefficient (Wildman–Crippen LogP) is 7.01. The van der Waals surface area contributed by atoms with Gasteiger partial charge in [-0.3, -0.25) is 0 Å². The highest BCUT2D eigenvalue weighted by molar-refractivity contribution is 5.89. The van der Waals surface area contributed by atoms with E-state index in [1.54, 1.807) is 38.1 Å². The predicted molar refractivity (Wildman–Crippen MR) is 125 cm³/mol. The number of hydrogen-bond acceptors (Lipinski definition) is 4. The van der Waals surface area contributed by atoms with Crippen molar-refractivity contribution in [3.8, 4) is 22.6 Å². The van der Waals surface area contributed by atoms with Gasteiger partial charge >= 0.3 is 11.9 Å². The quantitative estimate of drug-likeness (QED) is 0.302. The molecule has 0 aliphatic rings. The maximum Gasteiger partial charge on any atom is 0.338 e. The van der Waals surface area contributed by atoms with E-state index in [9.17, 15) is 9.59 Å². The first-order chi connectivity index (χ1) is 14.1. The summed E-state index contributed by atoms with van der Waals surface area (Å²) in [4.78, 5) is 22.9. The van der Waals surface area contributed by atoms with Crippen molar-refractivity contribution in [2.24, 2.45) is 5.92 Å². The molecule has 2 rings (SSSR count). The highest BCUT2D eigenvalue weighted by Gasteiger charge is 2.07. The molecular formula is C26H34O4. The van der Waals surface area contributed by atoms with Crippen molar-refractivity contribution in [3.63, 3.8) is 0 Å². The van der Waals surface area contributed by atoms with Crippen LogP contribution in [0.15, 0.2) is 72.8 Å². The molecule has 0 radical (unpaired) electrons. The molecule has 0 heterocycles. The Labute approximate surface area is 181 Å². The van der Waals surface area contributed by atoms with Crippen molar-refractivity contribution in [3.05, 3.63) is 72.8 Å². The zero-order chi connectivity index (χ0) is 23.3.